The number of ether oxygens (including phenoxy) is 6. The molecule has 0 aliphatic carbocycles. The third-order valence-electron chi connectivity index (χ3n) is 6.42. The number of phenols is 1. The van der Waals surface area contributed by atoms with Gasteiger partial charge >= 0.3 is 0 Å². The number of benzene rings is 2. The smallest absolute Gasteiger partial charge is 0.204 e. The van der Waals surface area contributed by atoms with Crippen LogP contribution in [0.3, 0.4) is 0 Å². The zero-order chi connectivity index (χ0) is 29.4. The molecule has 0 radical (unpaired) electrons. The van der Waals surface area contributed by atoms with Crippen molar-refractivity contribution in [3.8, 4) is 28.7 Å². The van der Waals surface area contributed by atoms with Crippen molar-refractivity contribution in [1.29, 1.82) is 0 Å². The fraction of sp³-hybridized carbons (Fsp3) is 0.481. The van der Waals surface area contributed by atoms with E-state index < -0.39 is 56.1 Å². The van der Waals surface area contributed by atoms with E-state index in [1.165, 1.54) is 45.6 Å². The minimum Gasteiger partial charge on any atom is -0.516 e. The lowest BCUT2D eigenvalue weighted by Crippen LogP contribution is -2.59. The lowest BCUT2D eigenvalue weighted by atomic mass is 9.99. The van der Waals surface area contributed by atoms with Gasteiger partial charge in [0.2, 0.25) is 5.75 Å². The van der Waals surface area contributed by atoms with Crippen molar-refractivity contribution in [2.24, 2.45) is 0 Å². The fourth-order valence-corrected chi connectivity index (χ4v) is 4.19. The molecule has 13 nitrogen and oxygen atoms in total. The van der Waals surface area contributed by atoms with Crippen LogP contribution in [0.15, 0.2) is 42.7 Å². The van der Waals surface area contributed by atoms with Gasteiger partial charge < -0.3 is 64.2 Å². The van der Waals surface area contributed by atoms with E-state index in [4.69, 9.17) is 33.5 Å². The van der Waals surface area contributed by atoms with E-state index in [-0.39, 0.29) is 34.3 Å². The number of hydrogen-bond donors (Lipinski definition) is 7. The van der Waals surface area contributed by atoms with E-state index >= 15 is 0 Å². The molecule has 222 valence electrons. The Bertz CT molecular complexity index is 1100. The Labute approximate surface area is 231 Å². The van der Waals surface area contributed by atoms with E-state index in [2.05, 4.69) is 0 Å². The van der Waals surface area contributed by atoms with Gasteiger partial charge in [-0.15, -0.1) is 0 Å². The SMILES string of the molecule is COc1cc([C@@H](O)[C@H](CO[C@@H]2O[C@H](CO)[C@@H](O)[C@H](O)[C@H]2O)Oc2c(OC)cc(C/C=C\O)cc2OC)ccc1O. The molecule has 0 aromatic heterocycles. The molecule has 0 spiro atoms. The van der Waals surface area contributed by atoms with Gasteiger partial charge in [0.05, 0.1) is 40.8 Å². The monoisotopic (exact) mass is 568 g/mol. The fourth-order valence-electron chi connectivity index (χ4n) is 4.19. The molecule has 1 aliphatic heterocycles. The standard InChI is InChI=1S/C27H36O13/c1-35-17-11-15(6-7-16(17)30)22(31)21(13-38-27-25(34)24(33)23(32)20(12-29)40-27)39-26-18(36-2)9-14(5-4-8-28)10-19(26)37-3/h4,6-11,20-25,27-34H,5,12-13H2,1-3H3/b8-4-/t20-,21+,22-,23-,24+,25-,27-/m1/s1. The van der Waals surface area contributed by atoms with Crippen molar-refractivity contribution in [3.63, 3.8) is 0 Å². The van der Waals surface area contributed by atoms with Crippen LogP contribution in [0.4, 0.5) is 0 Å². The molecule has 0 saturated carbocycles. The van der Waals surface area contributed by atoms with E-state index in [0.29, 0.717) is 6.42 Å². The molecule has 7 N–H and O–H groups in total. The first-order valence-corrected chi connectivity index (χ1v) is 12.4. The summed E-state index contributed by atoms with van der Waals surface area (Å²) in [5, 5.41) is 70.4. The Morgan fingerprint density at radius 2 is 1.57 bits per heavy atom. The average Bonchev–Trinajstić information content (AvgIpc) is 2.97. The number of rotatable bonds is 13. The van der Waals surface area contributed by atoms with E-state index in [9.17, 15) is 30.6 Å². The molecule has 3 rings (SSSR count). The summed E-state index contributed by atoms with van der Waals surface area (Å²) in [6.45, 7) is -1.08. The number of allylic oxidation sites excluding steroid dienone is 1. The molecule has 40 heavy (non-hydrogen) atoms. The van der Waals surface area contributed by atoms with Gasteiger partial charge in [-0.25, -0.2) is 0 Å². The maximum absolute atomic E-state index is 11.3. The summed E-state index contributed by atoms with van der Waals surface area (Å²) in [5.41, 5.74) is 1.00. The molecular formula is C27H36O13. The molecule has 1 saturated heterocycles. The molecule has 0 bridgehead atoms. The van der Waals surface area contributed by atoms with Crippen molar-refractivity contribution in [3.05, 3.63) is 53.8 Å². The highest BCUT2D eigenvalue weighted by atomic mass is 16.7. The normalized spacial score (nSPS) is 24.4. The number of hydrogen-bond acceptors (Lipinski definition) is 13. The van der Waals surface area contributed by atoms with Crippen LogP contribution in [-0.2, 0) is 15.9 Å². The van der Waals surface area contributed by atoms with Crippen LogP contribution in [-0.4, -0.2) is 107 Å². The van der Waals surface area contributed by atoms with Crippen molar-refractivity contribution in [2.75, 3.05) is 34.5 Å². The van der Waals surface area contributed by atoms with Gasteiger partial charge in [0.25, 0.3) is 0 Å². The lowest BCUT2D eigenvalue weighted by molar-refractivity contribution is -0.305. The minimum absolute atomic E-state index is 0.0987. The summed E-state index contributed by atoms with van der Waals surface area (Å²) in [6.07, 6.45) is -7.44. The van der Waals surface area contributed by atoms with Gasteiger partial charge in [0.15, 0.2) is 35.4 Å². The van der Waals surface area contributed by atoms with Crippen LogP contribution < -0.4 is 18.9 Å². The maximum Gasteiger partial charge on any atom is 0.204 e. The van der Waals surface area contributed by atoms with Crippen LogP contribution in [0, 0.1) is 0 Å². The number of aromatic hydroxyl groups is 1. The highest BCUT2D eigenvalue weighted by molar-refractivity contribution is 5.54. The van der Waals surface area contributed by atoms with E-state index in [1.807, 2.05) is 0 Å². The average molecular weight is 569 g/mol. The molecule has 1 aliphatic rings. The number of methoxy groups -OCH3 is 3. The van der Waals surface area contributed by atoms with Crippen molar-refractivity contribution in [1.82, 2.24) is 0 Å². The summed E-state index contributed by atoms with van der Waals surface area (Å²) in [5.74, 6) is 0.544. The quantitative estimate of drug-likeness (QED) is 0.163. The topological polar surface area (TPSA) is 197 Å². The van der Waals surface area contributed by atoms with Crippen LogP contribution in [0.2, 0.25) is 0 Å². The Morgan fingerprint density at radius 3 is 2.15 bits per heavy atom. The summed E-state index contributed by atoms with van der Waals surface area (Å²) in [7, 11) is 4.17. The Kier molecular flexibility index (Phi) is 11.2. The summed E-state index contributed by atoms with van der Waals surface area (Å²) in [4.78, 5) is 0. The highest BCUT2D eigenvalue weighted by Crippen LogP contribution is 2.41. The summed E-state index contributed by atoms with van der Waals surface area (Å²) in [6, 6.07) is 7.50. The maximum atomic E-state index is 11.3. The van der Waals surface area contributed by atoms with Gasteiger partial charge in [-0.3, -0.25) is 0 Å². The molecule has 2 aromatic carbocycles. The predicted octanol–water partition coefficient (Wildman–Crippen LogP) is 0.330. The zero-order valence-corrected chi connectivity index (χ0v) is 22.3. The summed E-state index contributed by atoms with van der Waals surface area (Å²) < 4.78 is 33.4. The number of aliphatic hydroxyl groups is 6. The van der Waals surface area contributed by atoms with E-state index in [0.717, 1.165) is 11.8 Å². The lowest BCUT2D eigenvalue weighted by Gasteiger charge is -2.40. The molecule has 7 atom stereocenters. The largest absolute Gasteiger partial charge is 0.516 e. The number of phenolic OH excluding ortho intramolecular Hbond substituents is 1. The third kappa shape index (κ3) is 7.06. The Hall–Kier alpha value is -3.30. The Balaban J connectivity index is 1.96. The molecule has 2 aromatic rings. The third-order valence-corrected chi connectivity index (χ3v) is 6.42. The molecule has 1 heterocycles. The van der Waals surface area contributed by atoms with Gasteiger partial charge in [0.1, 0.15) is 30.5 Å². The summed E-state index contributed by atoms with van der Waals surface area (Å²) >= 11 is 0. The molecule has 0 unspecified atom stereocenters. The molecule has 0 amide bonds. The van der Waals surface area contributed by atoms with Crippen LogP contribution in [0.5, 0.6) is 28.7 Å². The van der Waals surface area contributed by atoms with E-state index in [1.54, 1.807) is 12.1 Å². The minimum atomic E-state index is -1.67. The first-order valence-electron chi connectivity index (χ1n) is 12.4. The number of aliphatic hydroxyl groups excluding tert-OH is 6. The van der Waals surface area contributed by atoms with Crippen LogP contribution >= 0.6 is 0 Å². The first-order chi connectivity index (χ1) is 19.2. The molecule has 1 fully saturated rings. The second-order valence-corrected chi connectivity index (χ2v) is 8.98. The first kappa shape index (κ1) is 31.2. The predicted molar refractivity (Wildman–Crippen MR) is 139 cm³/mol. The Morgan fingerprint density at radius 1 is 0.925 bits per heavy atom. The van der Waals surface area contributed by atoms with Crippen molar-refractivity contribution >= 4 is 0 Å². The van der Waals surface area contributed by atoms with Crippen molar-refractivity contribution in [2.45, 2.75) is 49.3 Å². The molecule has 13 heteroatoms. The van der Waals surface area contributed by atoms with Crippen LogP contribution in [0.25, 0.3) is 0 Å². The molecular weight excluding hydrogens is 532 g/mol. The van der Waals surface area contributed by atoms with Crippen molar-refractivity contribution < 1.29 is 64.2 Å². The van der Waals surface area contributed by atoms with Crippen LogP contribution in [0.1, 0.15) is 17.2 Å². The van der Waals surface area contributed by atoms with Gasteiger partial charge in [-0.05, 0) is 47.9 Å². The zero-order valence-electron chi connectivity index (χ0n) is 22.3. The van der Waals surface area contributed by atoms with Gasteiger partial charge in [-0.1, -0.05) is 6.07 Å². The van der Waals surface area contributed by atoms with Gasteiger partial charge in [-0.2, -0.15) is 0 Å². The highest BCUT2D eigenvalue weighted by Gasteiger charge is 2.44. The van der Waals surface area contributed by atoms with Gasteiger partial charge in [0, 0.05) is 0 Å². The second kappa shape index (κ2) is 14.4. The second-order valence-electron chi connectivity index (χ2n) is 8.98.